The van der Waals surface area contributed by atoms with Gasteiger partial charge >= 0.3 is 0 Å². The van der Waals surface area contributed by atoms with Crippen LogP contribution >= 0.6 is 23.2 Å². The van der Waals surface area contributed by atoms with Gasteiger partial charge in [0.05, 0.1) is 39.2 Å². The molecule has 2 heterocycles. The van der Waals surface area contributed by atoms with Crippen LogP contribution in [-0.2, 0) is 16.1 Å². The Morgan fingerprint density at radius 3 is 2.83 bits per heavy atom. The molecule has 1 saturated heterocycles. The Balaban J connectivity index is 1.98. The van der Waals surface area contributed by atoms with E-state index in [1.54, 1.807) is 6.07 Å². The van der Waals surface area contributed by atoms with Crippen molar-refractivity contribution in [1.82, 2.24) is 0 Å². The number of hydrogen-bond acceptors (Lipinski definition) is 4. The summed E-state index contributed by atoms with van der Waals surface area (Å²) in [7, 11) is 0. The van der Waals surface area contributed by atoms with Crippen LogP contribution in [0.3, 0.4) is 0 Å². The van der Waals surface area contributed by atoms with Crippen molar-refractivity contribution < 1.29 is 4.74 Å². The first-order chi connectivity index (χ1) is 8.66. The van der Waals surface area contributed by atoms with Crippen LogP contribution in [0.25, 0.3) is 0 Å². The molecule has 2 atom stereocenters. The molecule has 4 nitrogen and oxygen atoms in total. The van der Waals surface area contributed by atoms with Crippen molar-refractivity contribution in [2.75, 3.05) is 11.9 Å². The number of benzene rings is 1. The quantitative estimate of drug-likeness (QED) is 0.898. The minimum absolute atomic E-state index is 0.165. The predicted molar refractivity (Wildman–Crippen MR) is 75.4 cm³/mol. The molecule has 2 aliphatic rings. The number of fused-ring (bicyclic) bond motifs is 1. The van der Waals surface area contributed by atoms with Crippen molar-refractivity contribution in [1.29, 1.82) is 0 Å². The maximum atomic E-state index is 6.24. The minimum atomic E-state index is 0.165. The Bertz CT molecular complexity index is 572. The summed E-state index contributed by atoms with van der Waals surface area (Å²) in [5, 5.41) is 4.51. The molecule has 96 valence electrons. The molecular weight excluding hydrogens is 293 g/mol. The number of anilines is 1. The fourth-order valence-corrected chi connectivity index (χ4v) is 3.28. The Kier molecular flexibility index (Phi) is 3.32. The molecule has 1 aromatic carbocycles. The second kappa shape index (κ2) is 4.81. The lowest BCUT2D eigenvalue weighted by molar-refractivity contribution is 0.121. The van der Waals surface area contributed by atoms with Crippen LogP contribution in [0.4, 0.5) is 17.1 Å². The highest BCUT2D eigenvalue weighted by Crippen LogP contribution is 2.48. The highest BCUT2D eigenvalue weighted by atomic mass is 35.5. The van der Waals surface area contributed by atoms with E-state index in [1.165, 1.54) is 0 Å². The smallest absolute Gasteiger partial charge is 0.130 e. The van der Waals surface area contributed by atoms with E-state index >= 15 is 0 Å². The van der Waals surface area contributed by atoms with Crippen LogP contribution < -0.4 is 5.32 Å². The molecule has 0 saturated carbocycles. The Morgan fingerprint density at radius 2 is 2.11 bits per heavy atom. The lowest BCUT2D eigenvalue weighted by atomic mass is 10.1. The van der Waals surface area contributed by atoms with Crippen molar-refractivity contribution in [3.05, 3.63) is 16.1 Å². The lowest BCUT2D eigenvalue weighted by Crippen LogP contribution is -2.26. The first-order valence-electron chi connectivity index (χ1n) is 5.65. The first-order valence-corrected chi connectivity index (χ1v) is 7.14. The fraction of sp³-hybridized carbons (Fsp3) is 0.455. The van der Waals surface area contributed by atoms with E-state index in [2.05, 4.69) is 14.0 Å². The van der Waals surface area contributed by atoms with Crippen molar-refractivity contribution in [2.45, 2.75) is 25.5 Å². The molecule has 7 heteroatoms. The normalized spacial score (nSPS) is 25.1. The predicted octanol–water partition coefficient (Wildman–Crippen LogP) is 4.31. The number of halogens is 2. The summed E-state index contributed by atoms with van der Waals surface area (Å²) in [5.41, 5.74) is 2.23. The van der Waals surface area contributed by atoms with E-state index in [4.69, 9.17) is 27.9 Å². The van der Waals surface area contributed by atoms with E-state index in [9.17, 15) is 0 Å². The van der Waals surface area contributed by atoms with Crippen LogP contribution in [0, 0.1) is 0 Å². The van der Waals surface area contributed by atoms with E-state index in [0.717, 1.165) is 35.8 Å². The summed E-state index contributed by atoms with van der Waals surface area (Å²) in [6.07, 6.45) is 1.12. The van der Waals surface area contributed by atoms with Crippen LogP contribution in [0.1, 0.15) is 13.3 Å². The molecular formula is C11H11Cl2N3OS. The summed E-state index contributed by atoms with van der Waals surface area (Å²) in [5.74, 6) is 0. The van der Waals surface area contributed by atoms with Crippen molar-refractivity contribution in [3.63, 3.8) is 0 Å². The van der Waals surface area contributed by atoms with Crippen LogP contribution in [0.5, 0.6) is 0 Å². The van der Waals surface area contributed by atoms with Gasteiger partial charge in [0.15, 0.2) is 0 Å². The van der Waals surface area contributed by atoms with E-state index in [0.29, 0.717) is 15.7 Å². The Hall–Kier alpha value is -0.620. The van der Waals surface area contributed by atoms with Gasteiger partial charge < -0.3 is 10.1 Å². The van der Waals surface area contributed by atoms with Crippen molar-refractivity contribution in [3.8, 4) is 0 Å². The third-order valence-electron chi connectivity index (χ3n) is 3.15. The monoisotopic (exact) mass is 303 g/mol. The molecule has 2 unspecified atom stereocenters. The van der Waals surface area contributed by atoms with Gasteiger partial charge in [-0.1, -0.05) is 23.2 Å². The molecule has 0 amide bonds. The van der Waals surface area contributed by atoms with Gasteiger partial charge in [-0.15, -0.1) is 0 Å². The van der Waals surface area contributed by atoms with E-state index in [-0.39, 0.29) is 12.1 Å². The molecule has 2 aliphatic heterocycles. The number of nitrogens with zero attached hydrogens (tertiary/aromatic N) is 2. The van der Waals surface area contributed by atoms with Crippen molar-refractivity contribution in [2.24, 2.45) is 8.73 Å². The zero-order valence-electron chi connectivity index (χ0n) is 9.61. The minimum Gasteiger partial charge on any atom is -0.377 e. The number of rotatable bonds is 2. The highest BCUT2D eigenvalue weighted by Gasteiger charge is 2.27. The third kappa shape index (κ3) is 2.05. The van der Waals surface area contributed by atoms with Gasteiger partial charge in [-0.05, 0) is 19.4 Å². The molecule has 0 bridgehead atoms. The molecule has 0 radical (unpaired) electrons. The molecule has 18 heavy (non-hydrogen) atoms. The SMILES string of the molecule is CC1OCCC1Nc1c(Cl)cc(Cl)c2c1N=S=N2. The maximum absolute atomic E-state index is 6.24. The largest absolute Gasteiger partial charge is 0.377 e. The fourth-order valence-electron chi connectivity index (χ4n) is 2.12. The highest BCUT2D eigenvalue weighted by molar-refractivity contribution is 7.58. The number of ether oxygens (including phenoxy) is 1. The Morgan fingerprint density at radius 1 is 1.33 bits per heavy atom. The van der Waals surface area contributed by atoms with Gasteiger partial charge in [0, 0.05) is 6.61 Å². The standard InChI is InChI=1S/C11H11Cl2N3OS/c1-5-8(2-3-17-5)14-9-6(12)4-7(13)10-11(9)16-18-15-10/h4-5,8,14H,2-3H2,1H3. The van der Waals surface area contributed by atoms with E-state index in [1.807, 2.05) is 6.92 Å². The molecule has 0 aliphatic carbocycles. The summed E-state index contributed by atoms with van der Waals surface area (Å²) in [6.45, 7) is 2.81. The van der Waals surface area contributed by atoms with Gasteiger partial charge in [-0.25, -0.2) is 0 Å². The molecule has 3 rings (SSSR count). The molecule has 1 fully saturated rings. The van der Waals surface area contributed by atoms with Gasteiger partial charge in [-0.3, -0.25) is 0 Å². The molecule has 1 aromatic rings. The van der Waals surface area contributed by atoms with Crippen LogP contribution in [0.2, 0.25) is 10.0 Å². The van der Waals surface area contributed by atoms with Gasteiger partial charge in [0.25, 0.3) is 0 Å². The third-order valence-corrected chi connectivity index (χ3v) is 4.26. The lowest BCUT2D eigenvalue weighted by Gasteiger charge is -2.19. The summed E-state index contributed by atoms with van der Waals surface area (Å²) in [6, 6.07) is 1.95. The summed E-state index contributed by atoms with van der Waals surface area (Å²) < 4.78 is 14.0. The topological polar surface area (TPSA) is 46.0 Å². The van der Waals surface area contributed by atoms with Crippen LogP contribution in [-0.4, -0.2) is 18.8 Å². The second-order valence-electron chi connectivity index (χ2n) is 4.29. The van der Waals surface area contributed by atoms with Gasteiger partial charge in [0.1, 0.15) is 11.4 Å². The average molecular weight is 304 g/mol. The Labute approximate surface area is 119 Å². The molecule has 1 N–H and O–H groups in total. The maximum Gasteiger partial charge on any atom is 0.130 e. The summed E-state index contributed by atoms with van der Waals surface area (Å²) in [4.78, 5) is 0. The molecule has 0 spiro atoms. The summed E-state index contributed by atoms with van der Waals surface area (Å²) >= 11 is 13.5. The second-order valence-corrected chi connectivity index (χ2v) is 5.63. The number of hydrogen-bond donors (Lipinski definition) is 1. The van der Waals surface area contributed by atoms with Gasteiger partial charge in [0.2, 0.25) is 0 Å². The zero-order chi connectivity index (χ0) is 12.7. The van der Waals surface area contributed by atoms with E-state index < -0.39 is 0 Å². The zero-order valence-corrected chi connectivity index (χ0v) is 11.9. The average Bonchev–Trinajstić information content (AvgIpc) is 2.93. The van der Waals surface area contributed by atoms with Crippen LogP contribution in [0.15, 0.2) is 14.8 Å². The molecule has 0 aromatic heterocycles. The first kappa shape index (κ1) is 12.4. The number of nitrogens with one attached hydrogen (secondary N) is 1. The van der Waals surface area contributed by atoms with Gasteiger partial charge in [-0.2, -0.15) is 8.73 Å². The van der Waals surface area contributed by atoms with Crippen molar-refractivity contribution >= 4 is 51.6 Å².